The van der Waals surface area contributed by atoms with E-state index < -0.39 is 0 Å². The first-order valence-electron chi connectivity index (χ1n) is 11.2. The Morgan fingerprint density at radius 2 is 1.96 bits per heavy atom. The third kappa shape index (κ3) is 2.75. The van der Waals surface area contributed by atoms with Gasteiger partial charge in [-0.05, 0) is 80.0 Å². The van der Waals surface area contributed by atoms with Crippen molar-refractivity contribution < 1.29 is 9.53 Å². The van der Waals surface area contributed by atoms with Crippen molar-refractivity contribution in [2.24, 2.45) is 35.0 Å². The first-order chi connectivity index (χ1) is 12.4. The minimum Gasteiger partial charge on any atom is -0.469 e. The third-order valence-electron chi connectivity index (χ3n) is 9.42. The molecule has 3 aliphatic heterocycles. The molecule has 4 bridgehead atoms. The summed E-state index contributed by atoms with van der Waals surface area (Å²) in [5.41, 5.74) is 0.861. The molecular weight excluding hydrogens is 322 g/mol. The van der Waals surface area contributed by atoms with Crippen molar-refractivity contribution >= 4 is 5.97 Å². The van der Waals surface area contributed by atoms with Crippen LogP contribution in [0.3, 0.4) is 0 Å². The largest absolute Gasteiger partial charge is 0.469 e. The van der Waals surface area contributed by atoms with Crippen LogP contribution in [0.4, 0.5) is 0 Å². The Hall–Kier alpha value is -0.570. The van der Waals surface area contributed by atoms with Gasteiger partial charge in [-0.25, -0.2) is 0 Å². The van der Waals surface area contributed by atoms with Crippen LogP contribution in [0.5, 0.6) is 0 Å². The average molecular weight is 362 g/mol. The molecule has 2 saturated carbocycles. The summed E-state index contributed by atoms with van der Waals surface area (Å²) in [5.74, 6) is 3.94. The van der Waals surface area contributed by atoms with Crippen LogP contribution in [0, 0.1) is 35.0 Å². The second kappa shape index (κ2) is 6.79. The number of carbonyl (C=O) groups excluding carboxylic acids is 1. The zero-order valence-corrected chi connectivity index (χ0v) is 17.4. The van der Waals surface area contributed by atoms with Gasteiger partial charge < -0.3 is 4.74 Å². The second-order valence-electron chi connectivity index (χ2n) is 10.5. The minimum absolute atomic E-state index is 0.0113. The van der Waals surface area contributed by atoms with Crippen molar-refractivity contribution in [1.82, 2.24) is 4.90 Å². The highest BCUT2D eigenvalue weighted by Gasteiger charge is 2.62. The zero-order valence-electron chi connectivity index (χ0n) is 17.4. The van der Waals surface area contributed by atoms with Gasteiger partial charge >= 0.3 is 5.97 Å². The smallest absolute Gasteiger partial charge is 0.305 e. The number of carbonyl (C=O) groups is 1. The quantitative estimate of drug-likeness (QED) is 0.668. The molecule has 7 atom stereocenters. The van der Waals surface area contributed by atoms with E-state index in [1.54, 1.807) is 7.11 Å². The Bertz CT molecular complexity index is 546. The lowest BCUT2D eigenvalue weighted by molar-refractivity contribution is -0.141. The van der Waals surface area contributed by atoms with Crippen molar-refractivity contribution in [3.8, 4) is 0 Å². The lowest BCUT2D eigenvalue weighted by atomic mass is 9.59. The van der Waals surface area contributed by atoms with Gasteiger partial charge in [-0.2, -0.15) is 0 Å². The topological polar surface area (TPSA) is 29.5 Å². The third-order valence-corrected chi connectivity index (χ3v) is 9.42. The van der Waals surface area contributed by atoms with E-state index in [-0.39, 0.29) is 5.97 Å². The molecule has 1 spiro atoms. The second-order valence-corrected chi connectivity index (χ2v) is 10.5. The summed E-state index contributed by atoms with van der Waals surface area (Å²) in [6.07, 6.45) is 11.4. The molecule has 5 fully saturated rings. The van der Waals surface area contributed by atoms with Crippen molar-refractivity contribution in [2.45, 2.75) is 84.1 Å². The lowest BCUT2D eigenvalue weighted by Crippen LogP contribution is -2.57. The van der Waals surface area contributed by atoms with Crippen LogP contribution in [0.2, 0.25) is 0 Å². The monoisotopic (exact) mass is 361 g/mol. The summed E-state index contributed by atoms with van der Waals surface area (Å²) in [5, 5.41) is 0. The molecule has 2 aliphatic carbocycles. The summed E-state index contributed by atoms with van der Waals surface area (Å²) in [4.78, 5) is 14.9. The molecule has 0 aromatic carbocycles. The Morgan fingerprint density at radius 1 is 1.15 bits per heavy atom. The molecule has 5 aliphatic rings. The van der Waals surface area contributed by atoms with E-state index in [4.69, 9.17) is 4.74 Å². The number of methoxy groups -OCH3 is 1. The van der Waals surface area contributed by atoms with Crippen LogP contribution >= 0.6 is 0 Å². The number of piperidine rings is 1. The van der Waals surface area contributed by atoms with E-state index in [1.165, 1.54) is 58.0 Å². The van der Waals surface area contributed by atoms with E-state index in [0.717, 1.165) is 30.1 Å². The minimum atomic E-state index is -0.0113. The fraction of sp³-hybridized carbons (Fsp3) is 0.957. The van der Waals surface area contributed by atoms with E-state index >= 15 is 0 Å². The molecular formula is C23H39NO2. The lowest BCUT2D eigenvalue weighted by Gasteiger charge is -2.52. The molecule has 0 amide bonds. The van der Waals surface area contributed by atoms with Gasteiger partial charge in [0, 0.05) is 25.0 Å². The Balaban J connectivity index is 1.72. The highest BCUT2D eigenvalue weighted by atomic mass is 16.5. The number of nitrogens with zero attached hydrogens (tertiary/aromatic N) is 1. The maximum absolute atomic E-state index is 12.0. The van der Waals surface area contributed by atoms with E-state index in [9.17, 15) is 4.79 Å². The van der Waals surface area contributed by atoms with Crippen LogP contribution in [-0.4, -0.2) is 36.6 Å². The maximum Gasteiger partial charge on any atom is 0.305 e. The Kier molecular flexibility index (Phi) is 4.91. The summed E-state index contributed by atoms with van der Waals surface area (Å²) < 4.78 is 5.01. The molecule has 5 rings (SSSR count). The molecule has 26 heavy (non-hydrogen) atoms. The van der Waals surface area contributed by atoms with Gasteiger partial charge in [-0.3, -0.25) is 9.69 Å². The fourth-order valence-electron chi connectivity index (χ4n) is 7.75. The normalized spacial score (nSPS) is 47.3. The first kappa shape index (κ1) is 18.8. The van der Waals surface area contributed by atoms with Crippen molar-refractivity contribution in [3.63, 3.8) is 0 Å². The van der Waals surface area contributed by atoms with Crippen molar-refractivity contribution in [1.29, 1.82) is 0 Å². The van der Waals surface area contributed by atoms with Crippen LogP contribution < -0.4 is 0 Å². The molecule has 1 unspecified atom stereocenters. The van der Waals surface area contributed by atoms with Gasteiger partial charge in [0.2, 0.25) is 0 Å². The number of ether oxygens (including phenoxy) is 1. The van der Waals surface area contributed by atoms with Crippen LogP contribution in [-0.2, 0) is 9.53 Å². The molecule has 3 saturated heterocycles. The number of hydrogen-bond acceptors (Lipinski definition) is 3. The van der Waals surface area contributed by atoms with Crippen LogP contribution in [0.1, 0.15) is 78.6 Å². The van der Waals surface area contributed by atoms with E-state index in [2.05, 4.69) is 25.7 Å². The SMILES string of the molecule is COC(=O)CC[C@H]1[C@@H]2CCC[C@@]23CC[C@@H]2CN3C[C@H](C(C)C)CC[C@@]21C. The molecule has 0 aromatic heterocycles. The predicted molar refractivity (Wildman–Crippen MR) is 105 cm³/mol. The van der Waals surface area contributed by atoms with Crippen molar-refractivity contribution in [3.05, 3.63) is 0 Å². The molecule has 0 aromatic rings. The van der Waals surface area contributed by atoms with Gasteiger partial charge in [0.15, 0.2) is 0 Å². The molecule has 3 heteroatoms. The summed E-state index contributed by atoms with van der Waals surface area (Å²) in [6, 6.07) is 0. The Labute approximate surface area is 160 Å². The molecule has 3 heterocycles. The number of esters is 1. The molecule has 148 valence electrons. The van der Waals surface area contributed by atoms with Gasteiger partial charge in [0.05, 0.1) is 7.11 Å². The Morgan fingerprint density at radius 3 is 2.69 bits per heavy atom. The average Bonchev–Trinajstić information content (AvgIpc) is 2.97. The van der Waals surface area contributed by atoms with Gasteiger partial charge in [0.1, 0.15) is 0 Å². The highest BCUT2D eigenvalue weighted by molar-refractivity contribution is 5.69. The van der Waals surface area contributed by atoms with E-state index in [0.29, 0.717) is 23.3 Å². The van der Waals surface area contributed by atoms with Crippen LogP contribution in [0.25, 0.3) is 0 Å². The zero-order chi connectivity index (χ0) is 18.5. The van der Waals surface area contributed by atoms with Crippen molar-refractivity contribution in [2.75, 3.05) is 20.2 Å². The van der Waals surface area contributed by atoms with Gasteiger partial charge in [-0.15, -0.1) is 0 Å². The number of hydrogen-bond donors (Lipinski definition) is 0. The first-order valence-corrected chi connectivity index (χ1v) is 11.2. The molecule has 0 N–H and O–H groups in total. The highest BCUT2D eigenvalue weighted by Crippen LogP contribution is 2.64. The fourth-order valence-corrected chi connectivity index (χ4v) is 7.75. The number of rotatable bonds is 4. The summed E-state index contributed by atoms with van der Waals surface area (Å²) in [7, 11) is 1.54. The van der Waals surface area contributed by atoms with Crippen LogP contribution in [0.15, 0.2) is 0 Å². The standard InChI is InChI=1S/C23H39NO2/c1-16(2)17-9-12-22(3)18-10-13-23(24(14-17)15-18)11-5-6-20(23)19(22)7-8-21(25)26-4/h16-20H,5-15H2,1-4H3/t17-,18-,19+,20+,22+,23-/m1/s1. The van der Waals surface area contributed by atoms with Gasteiger partial charge in [0.25, 0.3) is 0 Å². The van der Waals surface area contributed by atoms with E-state index in [1.807, 2.05) is 0 Å². The molecule has 0 radical (unpaired) electrons. The summed E-state index contributed by atoms with van der Waals surface area (Å²) in [6.45, 7) is 10.1. The predicted octanol–water partition coefficient (Wildman–Crippen LogP) is 4.89. The maximum atomic E-state index is 12.0. The molecule has 3 nitrogen and oxygen atoms in total. The van der Waals surface area contributed by atoms with Gasteiger partial charge in [-0.1, -0.05) is 27.2 Å². The number of fused-ring (bicyclic) bond motifs is 1. The summed E-state index contributed by atoms with van der Waals surface area (Å²) >= 11 is 0.